The van der Waals surface area contributed by atoms with Crippen molar-refractivity contribution in [2.45, 2.75) is 76.8 Å². The van der Waals surface area contributed by atoms with Gasteiger partial charge in [-0.2, -0.15) is 8.42 Å². The molecule has 3 aliphatic rings. The van der Waals surface area contributed by atoms with Gasteiger partial charge in [0.05, 0.1) is 22.4 Å². The first kappa shape index (κ1) is 32.8. The molecular weight excluding hydrogens is 647 g/mol. The molecule has 0 aromatic heterocycles. The summed E-state index contributed by atoms with van der Waals surface area (Å²) in [6, 6.07) is 10.9. The molecule has 11 heteroatoms. The Labute approximate surface area is 279 Å². The van der Waals surface area contributed by atoms with Crippen molar-refractivity contribution in [2.75, 3.05) is 24.7 Å². The second kappa shape index (κ2) is 11.0. The van der Waals surface area contributed by atoms with Crippen LogP contribution in [-0.2, 0) is 10.1 Å². The number of fused-ring (bicyclic) bond motifs is 4. The van der Waals surface area contributed by atoms with Gasteiger partial charge in [-0.15, -0.1) is 0 Å². The molecule has 0 bridgehead atoms. The molecule has 46 heavy (non-hydrogen) atoms. The van der Waals surface area contributed by atoms with Crippen molar-refractivity contribution in [1.29, 1.82) is 0 Å². The van der Waals surface area contributed by atoms with Gasteiger partial charge in [-0.05, 0) is 76.3 Å². The average molecular weight is 687 g/mol. The molecule has 0 saturated carbocycles. The van der Waals surface area contributed by atoms with Crippen LogP contribution in [0.25, 0.3) is 5.57 Å². The molecule has 0 aliphatic carbocycles. The third-order valence-corrected chi connectivity index (χ3v) is 11.9. The molecule has 0 saturated heterocycles. The molecule has 0 spiro atoms. The first-order chi connectivity index (χ1) is 21.3. The number of hydrogen-bond donors (Lipinski definition) is 2. The largest absolute Gasteiger partial charge is 0.478 e. The maximum absolute atomic E-state index is 12.8. The summed E-state index contributed by atoms with van der Waals surface area (Å²) in [6.07, 6.45) is 2.32. The van der Waals surface area contributed by atoms with Crippen LogP contribution in [0.2, 0.25) is 10.0 Å². The Bertz CT molecular complexity index is 2070. The Morgan fingerprint density at radius 2 is 1.70 bits per heavy atom. The molecule has 3 heterocycles. The molecule has 244 valence electrons. The lowest BCUT2D eigenvalue weighted by atomic mass is 9.77. The zero-order chi connectivity index (χ0) is 33.7. The van der Waals surface area contributed by atoms with Gasteiger partial charge in [0, 0.05) is 69.2 Å². The van der Waals surface area contributed by atoms with E-state index in [9.17, 15) is 22.9 Å². The van der Waals surface area contributed by atoms with Gasteiger partial charge in [0.1, 0.15) is 18.5 Å². The van der Waals surface area contributed by atoms with Crippen molar-refractivity contribution in [3.63, 3.8) is 0 Å². The Morgan fingerprint density at radius 3 is 2.33 bits per heavy atom. The maximum Gasteiger partial charge on any atom is 0.337 e. The Morgan fingerprint density at radius 1 is 1.02 bits per heavy atom. The summed E-state index contributed by atoms with van der Waals surface area (Å²) in [7, 11) is -0.281. The Balaban J connectivity index is 1.79. The summed E-state index contributed by atoms with van der Waals surface area (Å²) in [5.41, 5.74) is 3.35. The molecule has 3 aliphatic heterocycles. The minimum atomic E-state index is -4.31. The second-order valence-corrected chi connectivity index (χ2v) is 16.4. The highest BCUT2D eigenvalue weighted by atomic mass is 35.5. The van der Waals surface area contributed by atoms with Gasteiger partial charge in [0.15, 0.2) is 5.54 Å². The summed E-state index contributed by atoms with van der Waals surface area (Å²) in [4.78, 5) is 14.9. The summed E-state index contributed by atoms with van der Waals surface area (Å²) in [5.74, 6) is -0.911. The van der Waals surface area contributed by atoms with Crippen LogP contribution < -0.4 is 24.8 Å². The van der Waals surface area contributed by atoms with E-state index < -0.39 is 33.3 Å². The number of carboxylic acids is 1. The average Bonchev–Trinajstić information content (AvgIpc) is 2.95. The van der Waals surface area contributed by atoms with E-state index in [-0.39, 0.29) is 32.6 Å². The van der Waals surface area contributed by atoms with Crippen LogP contribution in [0.4, 0.5) is 5.69 Å². The SMILES string of the molecule is CCC1CC(C)(C)[N+](C)=c2cc3c(cc21)=C(c1c(Cl)ccc(Cl)c1C(=O)O)c1cc2c(cc1O3)N(C)C(C)(C)CC2CS(=O)(=O)O. The van der Waals surface area contributed by atoms with Crippen molar-refractivity contribution >= 4 is 50.5 Å². The van der Waals surface area contributed by atoms with Gasteiger partial charge in [-0.25, -0.2) is 9.37 Å². The fraction of sp³-hybridized carbons (Fsp3) is 0.429. The second-order valence-electron chi connectivity index (χ2n) is 14.1. The van der Waals surface area contributed by atoms with E-state index in [2.05, 4.69) is 43.4 Å². The fourth-order valence-electron chi connectivity index (χ4n) is 7.62. The number of anilines is 1. The molecule has 2 N–H and O–H groups in total. The van der Waals surface area contributed by atoms with Crippen molar-refractivity contribution in [3.8, 4) is 11.5 Å². The number of benzene rings is 3. The Hall–Kier alpha value is -3.11. The first-order valence-corrected chi connectivity index (χ1v) is 17.8. The van der Waals surface area contributed by atoms with Crippen LogP contribution in [0.3, 0.4) is 0 Å². The molecule has 0 radical (unpaired) electrons. The monoisotopic (exact) mass is 685 g/mol. The van der Waals surface area contributed by atoms with Crippen LogP contribution in [0.5, 0.6) is 11.5 Å². The lowest BCUT2D eigenvalue weighted by molar-refractivity contribution is 0.0696. The van der Waals surface area contributed by atoms with Crippen molar-refractivity contribution in [3.05, 3.63) is 84.8 Å². The summed E-state index contributed by atoms with van der Waals surface area (Å²) < 4.78 is 43.4. The smallest absolute Gasteiger partial charge is 0.337 e. The number of carboxylic acid groups (broad SMARTS) is 1. The first-order valence-electron chi connectivity index (χ1n) is 15.4. The van der Waals surface area contributed by atoms with E-state index in [1.165, 1.54) is 6.07 Å². The van der Waals surface area contributed by atoms with Gasteiger partial charge in [-0.3, -0.25) is 4.55 Å². The van der Waals surface area contributed by atoms with Gasteiger partial charge in [0.2, 0.25) is 5.36 Å². The normalized spacial score (nSPS) is 21.1. The van der Waals surface area contributed by atoms with Gasteiger partial charge >= 0.3 is 5.97 Å². The third-order valence-electron chi connectivity index (χ3n) is 10.4. The maximum atomic E-state index is 12.8. The van der Waals surface area contributed by atoms with Crippen molar-refractivity contribution < 1.29 is 27.6 Å². The molecule has 8 nitrogen and oxygen atoms in total. The van der Waals surface area contributed by atoms with Crippen LogP contribution in [0, 0.1) is 0 Å². The number of ether oxygens (including phenoxy) is 1. The molecule has 2 atom stereocenters. The van der Waals surface area contributed by atoms with Crippen molar-refractivity contribution in [1.82, 2.24) is 4.58 Å². The van der Waals surface area contributed by atoms with Crippen LogP contribution in [-0.4, -0.2) is 55.0 Å². The van der Waals surface area contributed by atoms with Crippen molar-refractivity contribution in [2.24, 2.45) is 0 Å². The van der Waals surface area contributed by atoms with Gasteiger partial charge in [-0.1, -0.05) is 30.1 Å². The quantitative estimate of drug-likeness (QED) is 0.184. The number of nitrogens with zero attached hydrogens (tertiary/aromatic N) is 2. The molecule has 0 amide bonds. The number of halogens is 2. The fourth-order valence-corrected chi connectivity index (χ4v) is 8.92. The lowest BCUT2D eigenvalue weighted by Crippen LogP contribution is -2.51. The molecule has 6 rings (SSSR count). The van der Waals surface area contributed by atoms with E-state index in [1.54, 1.807) is 6.07 Å². The van der Waals surface area contributed by atoms with E-state index >= 15 is 0 Å². The van der Waals surface area contributed by atoms with E-state index in [0.29, 0.717) is 39.8 Å². The number of aromatic carboxylic acids is 1. The molecular formula is C35H39Cl2N2O6S+. The Kier molecular flexibility index (Phi) is 7.83. The number of carbonyl (C=O) groups is 1. The van der Waals surface area contributed by atoms with Gasteiger partial charge in [0.25, 0.3) is 10.1 Å². The lowest BCUT2D eigenvalue weighted by Gasteiger charge is -2.46. The highest BCUT2D eigenvalue weighted by Gasteiger charge is 2.41. The highest BCUT2D eigenvalue weighted by molar-refractivity contribution is 7.85. The zero-order valence-corrected chi connectivity index (χ0v) is 29.4. The molecule has 2 unspecified atom stereocenters. The summed E-state index contributed by atoms with van der Waals surface area (Å²) >= 11 is 13.4. The zero-order valence-electron chi connectivity index (χ0n) is 27.0. The predicted molar refractivity (Wildman–Crippen MR) is 182 cm³/mol. The van der Waals surface area contributed by atoms with Crippen LogP contribution in [0.15, 0.2) is 36.4 Å². The minimum Gasteiger partial charge on any atom is -0.478 e. The molecule has 0 fully saturated rings. The molecule has 3 aromatic rings. The molecule has 3 aromatic carbocycles. The topological polar surface area (TPSA) is 107 Å². The standard InChI is InChI=1S/C35H38Cl2N2O6S/c1-8-18-15-34(2,3)38(6)26-13-28-22(11-20(18)26)30(31-24(36)9-10-25(37)32(31)33(40)41)23-12-21-19(17-46(42,43)44)16-35(4,5)39(7)27(21)14-29(23)45-28/h9-14,18-19H,8,15-17H2,1-7H3,(H-,40,41,42,43,44)/p+1. The summed E-state index contributed by atoms with van der Waals surface area (Å²) in [6.45, 7) is 10.7. The van der Waals surface area contributed by atoms with Crippen LogP contribution in [0.1, 0.15) is 98.3 Å². The van der Waals surface area contributed by atoms with E-state index in [4.69, 9.17) is 27.9 Å². The number of hydrogen-bond acceptors (Lipinski definition) is 5. The summed E-state index contributed by atoms with van der Waals surface area (Å²) in [5, 5.41) is 12.4. The highest BCUT2D eigenvalue weighted by Crippen LogP contribution is 2.50. The van der Waals surface area contributed by atoms with Crippen LogP contribution >= 0.6 is 23.2 Å². The predicted octanol–water partition coefficient (Wildman–Crippen LogP) is 6.43. The van der Waals surface area contributed by atoms with E-state index in [1.807, 2.05) is 39.1 Å². The van der Waals surface area contributed by atoms with Gasteiger partial charge < -0.3 is 14.7 Å². The third kappa shape index (κ3) is 5.29. The number of rotatable bonds is 5. The minimum absolute atomic E-state index is 0.0450. The van der Waals surface area contributed by atoms with E-state index in [0.717, 1.165) is 29.4 Å².